The van der Waals surface area contributed by atoms with E-state index in [4.69, 9.17) is 9.47 Å². The first-order chi connectivity index (χ1) is 12.6. The van der Waals surface area contributed by atoms with Crippen molar-refractivity contribution in [2.24, 2.45) is 0 Å². The van der Waals surface area contributed by atoms with E-state index < -0.39 is 0 Å². The maximum Gasteiger partial charge on any atom is 0.253 e. The Morgan fingerprint density at radius 3 is 2.31 bits per heavy atom. The van der Waals surface area contributed by atoms with Gasteiger partial charge in [-0.2, -0.15) is 0 Å². The van der Waals surface area contributed by atoms with E-state index in [-0.39, 0.29) is 11.8 Å². The van der Waals surface area contributed by atoms with Gasteiger partial charge in [0.05, 0.1) is 25.3 Å². The molecule has 0 aliphatic heterocycles. The van der Waals surface area contributed by atoms with Crippen LogP contribution < -0.4 is 20.1 Å². The number of rotatable bonds is 8. The van der Waals surface area contributed by atoms with Crippen molar-refractivity contribution in [2.75, 3.05) is 20.8 Å². The number of carbonyl (C=O) groups excluding carboxylic acids is 2. The molecule has 0 fully saturated rings. The number of aromatic nitrogens is 1. The van der Waals surface area contributed by atoms with Crippen LogP contribution in [0.25, 0.3) is 0 Å². The number of carbonyl (C=O) groups is 2. The number of methoxy groups -OCH3 is 2. The summed E-state index contributed by atoms with van der Waals surface area (Å²) < 4.78 is 10.4. The molecule has 2 N–H and O–H groups in total. The Balaban J connectivity index is 2.04. The number of amides is 2. The quantitative estimate of drug-likeness (QED) is 0.707. The van der Waals surface area contributed by atoms with Gasteiger partial charge in [-0.05, 0) is 23.8 Å². The molecule has 0 aliphatic carbocycles. The molecule has 1 aromatic carbocycles. The molecule has 0 radical (unpaired) electrons. The SMILES string of the molecule is C=CCNC(=O)c1cncc(C(=O)NCc2ccc(OC)c(OC)c2)c1. The number of pyridine rings is 1. The van der Waals surface area contributed by atoms with Crippen LogP contribution in [-0.4, -0.2) is 37.6 Å². The summed E-state index contributed by atoms with van der Waals surface area (Å²) in [5, 5.41) is 5.43. The van der Waals surface area contributed by atoms with Gasteiger partial charge < -0.3 is 20.1 Å². The van der Waals surface area contributed by atoms with Crippen molar-refractivity contribution in [1.82, 2.24) is 15.6 Å². The smallest absolute Gasteiger partial charge is 0.253 e. The Morgan fingerprint density at radius 2 is 1.69 bits per heavy atom. The highest BCUT2D eigenvalue weighted by Crippen LogP contribution is 2.27. The van der Waals surface area contributed by atoms with Crippen LogP contribution in [0.15, 0.2) is 49.3 Å². The molecule has 0 saturated carbocycles. The van der Waals surface area contributed by atoms with Gasteiger partial charge in [-0.3, -0.25) is 14.6 Å². The lowest BCUT2D eigenvalue weighted by atomic mass is 10.1. The summed E-state index contributed by atoms with van der Waals surface area (Å²) in [6.45, 7) is 4.18. The molecule has 1 heterocycles. The van der Waals surface area contributed by atoms with Crippen LogP contribution >= 0.6 is 0 Å². The van der Waals surface area contributed by atoms with Gasteiger partial charge in [0.2, 0.25) is 0 Å². The molecular weight excluding hydrogens is 334 g/mol. The molecule has 7 nitrogen and oxygen atoms in total. The largest absolute Gasteiger partial charge is 0.493 e. The minimum atomic E-state index is -0.328. The van der Waals surface area contributed by atoms with Crippen LogP contribution in [0.2, 0.25) is 0 Å². The zero-order chi connectivity index (χ0) is 18.9. The highest BCUT2D eigenvalue weighted by atomic mass is 16.5. The lowest BCUT2D eigenvalue weighted by Gasteiger charge is -2.10. The van der Waals surface area contributed by atoms with E-state index in [1.54, 1.807) is 32.4 Å². The van der Waals surface area contributed by atoms with Gasteiger partial charge in [0.1, 0.15) is 0 Å². The Kier molecular flexibility index (Phi) is 6.73. The van der Waals surface area contributed by atoms with Crippen molar-refractivity contribution < 1.29 is 19.1 Å². The standard InChI is InChI=1S/C19H21N3O4/c1-4-7-21-18(23)14-9-15(12-20-11-14)19(24)22-10-13-5-6-16(25-2)17(8-13)26-3/h4-6,8-9,11-12H,1,7,10H2,2-3H3,(H,21,23)(H,22,24). The molecule has 7 heteroatoms. The maximum atomic E-state index is 12.3. The van der Waals surface area contributed by atoms with Crippen molar-refractivity contribution in [3.05, 3.63) is 66.0 Å². The Morgan fingerprint density at radius 1 is 1.04 bits per heavy atom. The summed E-state index contributed by atoms with van der Waals surface area (Å²) in [7, 11) is 3.11. The van der Waals surface area contributed by atoms with Crippen LogP contribution in [0.3, 0.4) is 0 Å². The minimum Gasteiger partial charge on any atom is -0.493 e. The number of benzene rings is 1. The van der Waals surface area contributed by atoms with Gasteiger partial charge in [-0.25, -0.2) is 0 Å². The molecule has 2 rings (SSSR count). The maximum absolute atomic E-state index is 12.3. The van der Waals surface area contributed by atoms with E-state index in [2.05, 4.69) is 22.2 Å². The molecule has 2 aromatic rings. The van der Waals surface area contributed by atoms with Crippen molar-refractivity contribution in [3.8, 4) is 11.5 Å². The summed E-state index contributed by atoms with van der Waals surface area (Å²) in [6, 6.07) is 6.89. The third-order valence-corrected chi connectivity index (χ3v) is 3.57. The van der Waals surface area contributed by atoms with Crippen molar-refractivity contribution in [3.63, 3.8) is 0 Å². The normalized spacial score (nSPS) is 9.92. The Labute approximate surface area is 152 Å². The Hall–Kier alpha value is -3.35. The van der Waals surface area contributed by atoms with E-state index in [0.717, 1.165) is 5.56 Å². The second-order valence-corrected chi connectivity index (χ2v) is 5.33. The second kappa shape index (κ2) is 9.22. The average molecular weight is 355 g/mol. The van der Waals surface area contributed by atoms with Crippen molar-refractivity contribution >= 4 is 11.8 Å². The molecule has 0 atom stereocenters. The van der Waals surface area contributed by atoms with E-state index >= 15 is 0 Å². The highest BCUT2D eigenvalue weighted by Gasteiger charge is 2.11. The topological polar surface area (TPSA) is 89.6 Å². The summed E-state index contributed by atoms with van der Waals surface area (Å²) in [5.41, 5.74) is 1.46. The third kappa shape index (κ3) is 4.83. The van der Waals surface area contributed by atoms with Crippen LogP contribution in [0.1, 0.15) is 26.3 Å². The first-order valence-electron chi connectivity index (χ1n) is 7.92. The fourth-order valence-corrected chi connectivity index (χ4v) is 2.23. The summed E-state index contributed by atoms with van der Waals surface area (Å²) >= 11 is 0. The first-order valence-corrected chi connectivity index (χ1v) is 7.92. The predicted octanol–water partition coefficient (Wildman–Crippen LogP) is 1.94. The van der Waals surface area contributed by atoms with Crippen molar-refractivity contribution in [2.45, 2.75) is 6.54 Å². The zero-order valence-electron chi connectivity index (χ0n) is 14.7. The van der Waals surface area contributed by atoms with Gasteiger partial charge in [-0.15, -0.1) is 6.58 Å². The van der Waals surface area contributed by atoms with Crippen LogP contribution in [0.4, 0.5) is 0 Å². The van der Waals surface area contributed by atoms with E-state index in [1.807, 2.05) is 6.07 Å². The first kappa shape index (κ1) is 19.0. The lowest BCUT2D eigenvalue weighted by molar-refractivity contribution is 0.0950. The molecule has 0 spiro atoms. The molecule has 0 saturated heterocycles. The lowest BCUT2D eigenvalue weighted by Crippen LogP contribution is -2.26. The molecule has 2 amide bonds. The van der Waals surface area contributed by atoms with E-state index in [1.165, 1.54) is 18.5 Å². The monoisotopic (exact) mass is 355 g/mol. The molecular formula is C19H21N3O4. The average Bonchev–Trinajstić information content (AvgIpc) is 2.69. The van der Waals surface area contributed by atoms with Gasteiger partial charge in [0.25, 0.3) is 11.8 Å². The number of nitrogens with zero attached hydrogens (tertiary/aromatic N) is 1. The highest BCUT2D eigenvalue weighted by molar-refractivity contribution is 5.99. The molecule has 0 unspecified atom stereocenters. The van der Waals surface area contributed by atoms with E-state index in [9.17, 15) is 9.59 Å². The fourth-order valence-electron chi connectivity index (χ4n) is 2.23. The number of ether oxygens (including phenoxy) is 2. The Bertz CT molecular complexity index is 805. The predicted molar refractivity (Wildman–Crippen MR) is 97.5 cm³/mol. The molecule has 0 aliphatic rings. The fraction of sp³-hybridized carbons (Fsp3) is 0.211. The van der Waals surface area contributed by atoms with Gasteiger partial charge in [0.15, 0.2) is 11.5 Å². The molecule has 26 heavy (non-hydrogen) atoms. The molecule has 1 aromatic heterocycles. The minimum absolute atomic E-state index is 0.298. The summed E-state index contributed by atoms with van der Waals surface area (Å²) in [5.74, 6) is 0.560. The van der Waals surface area contributed by atoms with Gasteiger partial charge in [0, 0.05) is 25.5 Å². The van der Waals surface area contributed by atoms with Crippen LogP contribution in [0.5, 0.6) is 11.5 Å². The number of nitrogens with one attached hydrogen (secondary N) is 2. The van der Waals surface area contributed by atoms with Crippen molar-refractivity contribution in [1.29, 1.82) is 0 Å². The molecule has 0 bridgehead atoms. The third-order valence-electron chi connectivity index (χ3n) is 3.57. The summed E-state index contributed by atoms with van der Waals surface area (Å²) in [6.07, 6.45) is 4.39. The van der Waals surface area contributed by atoms with Gasteiger partial charge >= 0.3 is 0 Å². The van der Waals surface area contributed by atoms with Gasteiger partial charge in [-0.1, -0.05) is 12.1 Å². The van der Waals surface area contributed by atoms with Crippen LogP contribution in [0, 0.1) is 0 Å². The zero-order valence-corrected chi connectivity index (χ0v) is 14.7. The summed E-state index contributed by atoms with van der Waals surface area (Å²) in [4.78, 5) is 28.2. The van der Waals surface area contributed by atoms with E-state index in [0.29, 0.717) is 35.7 Å². The number of hydrogen-bond acceptors (Lipinski definition) is 5. The molecule has 136 valence electrons. The second-order valence-electron chi connectivity index (χ2n) is 5.33. The number of hydrogen-bond donors (Lipinski definition) is 2. The van der Waals surface area contributed by atoms with Crippen LogP contribution in [-0.2, 0) is 6.54 Å².